The minimum absolute atomic E-state index is 0.0984. The van der Waals surface area contributed by atoms with Crippen molar-refractivity contribution in [1.29, 1.82) is 0 Å². The molecule has 1 aromatic heterocycles. The van der Waals surface area contributed by atoms with Crippen LogP contribution in [-0.4, -0.2) is 26.5 Å². The molecule has 0 fully saturated rings. The molecule has 1 aliphatic carbocycles. The van der Waals surface area contributed by atoms with Crippen LogP contribution >= 0.6 is 0 Å². The third-order valence-electron chi connectivity index (χ3n) is 7.69. The quantitative estimate of drug-likeness (QED) is 0.364. The van der Waals surface area contributed by atoms with E-state index in [9.17, 15) is 20.1 Å². The highest BCUT2D eigenvalue weighted by Gasteiger charge is 2.49. The first kappa shape index (κ1) is 23.5. The van der Waals surface area contributed by atoms with Gasteiger partial charge in [0.25, 0.3) is 0 Å². The standard InChI is InChI=1S/C30H30O7/c1-13(2)7-8-14-23(33)22-24(34)16-11-17-20-21(18(31)12-19(32)28(20)37-30(17,5)6)27(16)35-26(22)15-9-10-29(3,4)36-25(14)15/h7,9-10,12,17,31-33H,8,11H2,1-6H3/t17-/m0/s1. The summed E-state index contributed by atoms with van der Waals surface area (Å²) < 4.78 is 18.8. The van der Waals surface area contributed by atoms with Crippen LogP contribution in [0.2, 0.25) is 0 Å². The maximum atomic E-state index is 14.1. The highest BCUT2D eigenvalue weighted by atomic mass is 16.5. The lowest BCUT2D eigenvalue weighted by Gasteiger charge is -2.32. The molecule has 0 bridgehead atoms. The number of aromatic hydroxyl groups is 3. The second-order valence-corrected chi connectivity index (χ2v) is 11.5. The van der Waals surface area contributed by atoms with E-state index in [4.69, 9.17) is 13.9 Å². The predicted molar refractivity (Wildman–Crippen MR) is 141 cm³/mol. The summed E-state index contributed by atoms with van der Waals surface area (Å²) in [5.41, 5.74) is 2.00. The zero-order valence-electron chi connectivity index (χ0n) is 21.8. The molecule has 3 aromatic rings. The van der Waals surface area contributed by atoms with Gasteiger partial charge in [-0.2, -0.15) is 0 Å². The van der Waals surface area contributed by atoms with E-state index in [2.05, 4.69) is 0 Å². The van der Waals surface area contributed by atoms with Crippen LogP contribution in [0.1, 0.15) is 69.7 Å². The molecule has 2 aliphatic heterocycles. The highest BCUT2D eigenvalue weighted by Crippen LogP contribution is 2.60. The normalized spacial score (nSPS) is 19.5. The van der Waals surface area contributed by atoms with Gasteiger partial charge in [-0.25, -0.2) is 0 Å². The first-order valence-corrected chi connectivity index (χ1v) is 12.5. The number of ether oxygens (including phenoxy) is 2. The average molecular weight is 503 g/mol. The fraction of sp³-hybridized carbons (Fsp3) is 0.367. The lowest BCUT2D eigenvalue weighted by molar-refractivity contribution is 0.106. The molecule has 0 amide bonds. The van der Waals surface area contributed by atoms with E-state index in [1.54, 1.807) is 0 Å². The Balaban J connectivity index is 1.73. The van der Waals surface area contributed by atoms with Crippen molar-refractivity contribution in [2.75, 3.05) is 0 Å². The van der Waals surface area contributed by atoms with Crippen LogP contribution in [0, 0.1) is 0 Å². The zero-order chi connectivity index (χ0) is 26.6. The second kappa shape index (κ2) is 7.34. The Morgan fingerprint density at radius 2 is 1.81 bits per heavy atom. The van der Waals surface area contributed by atoms with Crippen LogP contribution in [-0.2, 0) is 12.8 Å². The van der Waals surface area contributed by atoms with Crippen molar-refractivity contribution in [3.8, 4) is 40.1 Å². The van der Waals surface area contributed by atoms with Crippen molar-refractivity contribution >= 4 is 17.0 Å². The molecule has 3 N–H and O–H groups in total. The van der Waals surface area contributed by atoms with Gasteiger partial charge in [-0.05, 0) is 66.5 Å². The van der Waals surface area contributed by atoms with Crippen molar-refractivity contribution in [3.63, 3.8) is 0 Å². The molecule has 7 nitrogen and oxygen atoms in total. The van der Waals surface area contributed by atoms with Crippen LogP contribution in [0.5, 0.6) is 28.7 Å². The van der Waals surface area contributed by atoms with Gasteiger partial charge in [0.05, 0.1) is 11.1 Å². The fourth-order valence-corrected chi connectivity index (χ4v) is 5.80. The van der Waals surface area contributed by atoms with Gasteiger partial charge in [-0.1, -0.05) is 11.6 Å². The largest absolute Gasteiger partial charge is 0.507 e. The summed E-state index contributed by atoms with van der Waals surface area (Å²) in [5, 5.41) is 33.0. The van der Waals surface area contributed by atoms with E-state index < -0.39 is 11.2 Å². The summed E-state index contributed by atoms with van der Waals surface area (Å²) in [6, 6.07) is 1.22. The number of phenolic OH excluding ortho intramolecular Hbond substituents is 3. The molecule has 192 valence electrons. The van der Waals surface area contributed by atoms with Gasteiger partial charge in [0.2, 0.25) is 0 Å². The van der Waals surface area contributed by atoms with Crippen molar-refractivity contribution in [2.24, 2.45) is 0 Å². The summed E-state index contributed by atoms with van der Waals surface area (Å²) in [6.45, 7) is 11.6. The molecule has 0 saturated carbocycles. The monoisotopic (exact) mass is 502 g/mol. The summed E-state index contributed by atoms with van der Waals surface area (Å²) in [4.78, 5) is 14.1. The molecular weight excluding hydrogens is 472 g/mol. The molecule has 3 aliphatic rings. The van der Waals surface area contributed by atoms with E-state index in [0.717, 1.165) is 5.57 Å². The zero-order valence-corrected chi connectivity index (χ0v) is 21.8. The van der Waals surface area contributed by atoms with Gasteiger partial charge < -0.3 is 29.2 Å². The number of hydrogen-bond donors (Lipinski definition) is 3. The number of benzene rings is 2. The first-order valence-electron chi connectivity index (χ1n) is 12.5. The minimum atomic E-state index is -0.726. The van der Waals surface area contributed by atoms with Gasteiger partial charge in [0.1, 0.15) is 39.6 Å². The molecule has 1 atom stereocenters. The molecular formula is C30H30O7. The Labute approximate surface area is 214 Å². The number of rotatable bonds is 2. The molecule has 0 saturated heterocycles. The van der Waals surface area contributed by atoms with Gasteiger partial charge in [0.15, 0.2) is 22.5 Å². The topological polar surface area (TPSA) is 109 Å². The molecule has 2 aromatic carbocycles. The molecule has 3 heterocycles. The second-order valence-electron chi connectivity index (χ2n) is 11.5. The number of hydrogen-bond acceptors (Lipinski definition) is 7. The van der Waals surface area contributed by atoms with E-state index >= 15 is 0 Å². The molecule has 0 unspecified atom stereocenters. The van der Waals surface area contributed by atoms with Crippen LogP contribution < -0.4 is 14.9 Å². The van der Waals surface area contributed by atoms with Crippen LogP contribution in [0.4, 0.5) is 0 Å². The SMILES string of the molecule is CC(C)=CCc1c2c(c3oc4c(c(=O)c3c1O)C[C@H]1c3c(c(O)cc(O)c3-4)OC1(C)C)C=CC(C)(C)O2. The van der Waals surface area contributed by atoms with Gasteiger partial charge >= 0.3 is 0 Å². The summed E-state index contributed by atoms with van der Waals surface area (Å²) in [6.07, 6.45) is 6.40. The Morgan fingerprint density at radius 1 is 1.08 bits per heavy atom. The molecule has 6 rings (SSSR count). The summed E-state index contributed by atoms with van der Waals surface area (Å²) >= 11 is 0. The van der Waals surface area contributed by atoms with Gasteiger partial charge in [-0.3, -0.25) is 4.79 Å². The smallest absolute Gasteiger partial charge is 0.200 e. The maximum absolute atomic E-state index is 14.1. The molecule has 7 heteroatoms. The van der Waals surface area contributed by atoms with Crippen LogP contribution in [0.3, 0.4) is 0 Å². The fourth-order valence-electron chi connectivity index (χ4n) is 5.80. The number of phenols is 3. The van der Waals surface area contributed by atoms with Gasteiger partial charge in [0, 0.05) is 28.7 Å². The van der Waals surface area contributed by atoms with Crippen molar-refractivity contribution in [2.45, 2.75) is 71.5 Å². The maximum Gasteiger partial charge on any atom is 0.200 e. The van der Waals surface area contributed by atoms with E-state index in [-0.39, 0.29) is 51.7 Å². The predicted octanol–water partition coefficient (Wildman–Crippen LogP) is 6.08. The van der Waals surface area contributed by atoms with Crippen molar-refractivity contribution in [3.05, 3.63) is 56.3 Å². The third kappa shape index (κ3) is 3.22. The highest BCUT2D eigenvalue weighted by molar-refractivity contribution is 5.97. The Morgan fingerprint density at radius 3 is 2.51 bits per heavy atom. The van der Waals surface area contributed by atoms with E-state index in [1.165, 1.54) is 6.07 Å². The number of allylic oxidation sites excluding steroid dienone is 2. The Kier molecular flexibility index (Phi) is 4.67. The molecule has 37 heavy (non-hydrogen) atoms. The molecule has 0 radical (unpaired) electrons. The van der Waals surface area contributed by atoms with Crippen LogP contribution in [0.15, 0.2) is 33.0 Å². The minimum Gasteiger partial charge on any atom is -0.507 e. The lowest BCUT2D eigenvalue weighted by Crippen LogP contribution is -2.34. The van der Waals surface area contributed by atoms with Gasteiger partial charge in [-0.15, -0.1) is 0 Å². The number of fused-ring (bicyclic) bond motifs is 5. The van der Waals surface area contributed by atoms with Crippen LogP contribution in [0.25, 0.3) is 28.4 Å². The Bertz CT molecular complexity index is 1650. The van der Waals surface area contributed by atoms with E-state index in [1.807, 2.05) is 59.8 Å². The van der Waals surface area contributed by atoms with Crippen molar-refractivity contribution < 1.29 is 29.2 Å². The van der Waals surface area contributed by atoms with Crippen molar-refractivity contribution in [1.82, 2.24) is 0 Å². The molecule has 0 spiro atoms. The van der Waals surface area contributed by atoms with E-state index in [0.29, 0.717) is 45.7 Å². The summed E-state index contributed by atoms with van der Waals surface area (Å²) in [5.74, 6) is 0.183. The first-order chi connectivity index (χ1) is 17.3. The Hall–Kier alpha value is -3.87. The lowest BCUT2D eigenvalue weighted by atomic mass is 9.74. The third-order valence-corrected chi connectivity index (χ3v) is 7.69. The summed E-state index contributed by atoms with van der Waals surface area (Å²) in [7, 11) is 0. The average Bonchev–Trinajstić information content (AvgIpc) is 3.07.